The molecule has 1 fully saturated rings. The van der Waals surface area contributed by atoms with Gasteiger partial charge in [-0.2, -0.15) is 0 Å². The van der Waals surface area contributed by atoms with Gasteiger partial charge in [-0.3, -0.25) is 0 Å². The summed E-state index contributed by atoms with van der Waals surface area (Å²) in [6.45, 7) is 6.64. The molecule has 118 valence electrons. The molecule has 4 heteroatoms. The summed E-state index contributed by atoms with van der Waals surface area (Å²) in [6.07, 6.45) is 3.33. The maximum Gasteiger partial charge on any atom is 0.125 e. The van der Waals surface area contributed by atoms with E-state index in [1.54, 1.807) is 19.2 Å². The molecular weight excluding hydrogens is 267 g/mol. The van der Waals surface area contributed by atoms with Crippen LogP contribution in [0.5, 0.6) is 0 Å². The van der Waals surface area contributed by atoms with Crippen LogP contribution >= 0.6 is 0 Å². The van der Waals surface area contributed by atoms with E-state index in [2.05, 4.69) is 23.2 Å². The number of nitrogens with zero attached hydrogens (tertiary/aromatic N) is 1. The molecule has 1 aliphatic heterocycles. The SMILES string of the molecule is CCCNCc1cc(F)cc(N2CCC(COC)CC2)c1. The minimum absolute atomic E-state index is 0.139. The lowest BCUT2D eigenvalue weighted by Crippen LogP contribution is -2.35. The molecule has 0 aromatic heterocycles. The molecule has 1 heterocycles. The molecular formula is C17H27FN2O. The van der Waals surface area contributed by atoms with Crippen LogP contribution in [0.15, 0.2) is 18.2 Å². The molecule has 1 aromatic carbocycles. The van der Waals surface area contributed by atoms with E-state index < -0.39 is 0 Å². The molecule has 0 aliphatic carbocycles. The Morgan fingerprint density at radius 3 is 2.71 bits per heavy atom. The molecule has 0 atom stereocenters. The standard InChI is InChI=1S/C17H27FN2O/c1-3-6-19-12-15-9-16(18)11-17(10-15)20-7-4-14(5-8-20)13-21-2/h9-11,14,19H,3-8,12-13H2,1-2H3. The third-order valence-electron chi connectivity index (χ3n) is 4.08. The average Bonchev–Trinajstić information content (AvgIpc) is 2.48. The van der Waals surface area contributed by atoms with Gasteiger partial charge in [0, 0.05) is 39.0 Å². The van der Waals surface area contributed by atoms with Gasteiger partial charge in [0.25, 0.3) is 0 Å². The first-order chi connectivity index (χ1) is 10.2. The van der Waals surface area contributed by atoms with Crippen LogP contribution in [0.2, 0.25) is 0 Å². The van der Waals surface area contributed by atoms with Crippen molar-refractivity contribution in [1.29, 1.82) is 0 Å². The normalized spacial score (nSPS) is 16.4. The van der Waals surface area contributed by atoms with Crippen molar-refractivity contribution < 1.29 is 9.13 Å². The van der Waals surface area contributed by atoms with Crippen LogP contribution in [-0.2, 0) is 11.3 Å². The van der Waals surface area contributed by atoms with E-state index in [9.17, 15) is 4.39 Å². The molecule has 0 radical (unpaired) electrons. The summed E-state index contributed by atoms with van der Waals surface area (Å²) in [5, 5.41) is 3.33. The van der Waals surface area contributed by atoms with Gasteiger partial charge in [0.15, 0.2) is 0 Å². The predicted octanol–water partition coefficient (Wildman–Crippen LogP) is 3.19. The van der Waals surface area contributed by atoms with Crippen LogP contribution in [-0.4, -0.2) is 33.4 Å². The van der Waals surface area contributed by atoms with E-state index in [-0.39, 0.29) is 5.82 Å². The van der Waals surface area contributed by atoms with Gasteiger partial charge in [0.1, 0.15) is 5.82 Å². The second-order valence-electron chi connectivity index (χ2n) is 5.88. The number of nitrogens with one attached hydrogen (secondary N) is 1. The summed E-state index contributed by atoms with van der Waals surface area (Å²) in [5.74, 6) is 0.505. The van der Waals surface area contributed by atoms with Crippen molar-refractivity contribution >= 4 is 5.69 Å². The molecule has 1 aliphatic rings. The molecule has 0 saturated carbocycles. The Bertz CT molecular complexity index is 431. The van der Waals surface area contributed by atoms with Crippen LogP contribution in [0, 0.1) is 11.7 Å². The van der Waals surface area contributed by atoms with Crippen LogP contribution in [0.3, 0.4) is 0 Å². The maximum atomic E-state index is 13.8. The van der Waals surface area contributed by atoms with Gasteiger partial charge in [-0.15, -0.1) is 0 Å². The molecule has 0 bridgehead atoms. The highest BCUT2D eigenvalue weighted by atomic mass is 19.1. The number of anilines is 1. The lowest BCUT2D eigenvalue weighted by molar-refractivity contribution is 0.139. The number of ether oxygens (including phenoxy) is 1. The van der Waals surface area contributed by atoms with Crippen LogP contribution in [0.4, 0.5) is 10.1 Å². The molecule has 0 spiro atoms. The highest BCUT2D eigenvalue weighted by Gasteiger charge is 2.19. The molecule has 21 heavy (non-hydrogen) atoms. The van der Waals surface area contributed by atoms with Crippen LogP contribution < -0.4 is 10.2 Å². The Kier molecular flexibility index (Phi) is 6.46. The summed E-state index contributed by atoms with van der Waals surface area (Å²) in [5.41, 5.74) is 2.04. The molecule has 1 N–H and O–H groups in total. The largest absolute Gasteiger partial charge is 0.384 e. The maximum absolute atomic E-state index is 13.8. The first kappa shape index (κ1) is 16.2. The number of benzene rings is 1. The number of piperidine rings is 1. The van der Waals surface area contributed by atoms with Gasteiger partial charge < -0.3 is 15.0 Å². The minimum Gasteiger partial charge on any atom is -0.384 e. The van der Waals surface area contributed by atoms with E-state index in [1.807, 2.05) is 0 Å². The lowest BCUT2D eigenvalue weighted by Gasteiger charge is -2.33. The van der Waals surface area contributed by atoms with Gasteiger partial charge >= 0.3 is 0 Å². The summed E-state index contributed by atoms with van der Waals surface area (Å²) in [6, 6.07) is 5.40. The summed E-state index contributed by atoms with van der Waals surface area (Å²) in [7, 11) is 1.76. The number of hydrogen-bond donors (Lipinski definition) is 1. The highest BCUT2D eigenvalue weighted by molar-refractivity contribution is 5.49. The Labute approximate surface area is 127 Å². The van der Waals surface area contributed by atoms with Crippen molar-refractivity contribution in [3.05, 3.63) is 29.6 Å². The predicted molar refractivity (Wildman–Crippen MR) is 85.2 cm³/mol. The lowest BCUT2D eigenvalue weighted by atomic mass is 9.97. The van der Waals surface area contributed by atoms with Crippen molar-refractivity contribution in [2.75, 3.05) is 38.3 Å². The third-order valence-corrected chi connectivity index (χ3v) is 4.08. The Hall–Kier alpha value is -1.13. The van der Waals surface area contributed by atoms with Crippen molar-refractivity contribution in [1.82, 2.24) is 5.32 Å². The van der Waals surface area contributed by atoms with E-state index in [1.165, 1.54) is 0 Å². The summed E-state index contributed by atoms with van der Waals surface area (Å²) < 4.78 is 19.0. The summed E-state index contributed by atoms with van der Waals surface area (Å²) in [4.78, 5) is 2.29. The third kappa shape index (κ3) is 4.97. The smallest absolute Gasteiger partial charge is 0.125 e. The van der Waals surface area contributed by atoms with Crippen molar-refractivity contribution in [3.8, 4) is 0 Å². The first-order valence-corrected chi connectivity index (χ1v) is 7.97. The molecule has 3 nitrogen and oxygen atoms in total. The molecule has 1 aromatic rings. The quantitative estimate of drug-likeness (QED) is 0.782. The second kappa shape index (κ2) is 8.35. The van der Waals surface area contributed by atoms with Crippen molar-refractivity contribution in [2.24, 2.45) is 5.92 Å². The van der Waals surface area contributed by atoms with E-state index in [0.29, 0.717) is 5.92 Å². The first-order valence-electron chi connectivity index (χ1n) is 7.97. The van der Waals surface area contributed by atoms with Gasteiger partial charge in [-0.25, -0.2) is 4.39 Å². The zero-order valence-electron chi connectivity index (χ0n) is 13.2. The molecule has 2 rings (SSSR count). The van der Waals surface area contributed by atoms with Gasteiger partial charge in [0.05, 0.1) is 0 Å². The number of halogens is 1. The Morgan fingerprint density at radius 2 is 2.05 bits per heavy atom. The van der Waals surface area contributed by atoms with Gasteiger partial charge in [-0.1, -0.05) is 6.92 Å². The Morgan fingerprint density at radius 1 is 1.29 bits per heavy atom. The monoisotopic (exact) mass is 294 g/mol. The van der Waals surface area contributed by atoms with Gasteiger partial charge in [0.2, 0.25) is 0 Å². The molecule has 0 amide bonds. The fraction of sp³-hybridized carbons (Fsp3) is 0.647. The van der Waals surface area contributed by atoms with E-state index >= 15 is 0 Å². The number of hydrogen-bond acceptors (Lipinski definition) is 3. The second-order valence-corrected chi connectivity index (χ2v) is 5.88. The number of methoxy groups -OCH3 is 1. The summed E-state index contributed by atoms with van der Waals surface area (Å²) >= 11 is 0. The van der Waals surface area contributed by atoms with Crippen LogP contribution in [0.25, 0.3) is 0 Å². The van der Waals surface area contributed by atoms with Crippen molar-refractivity contribution in [2.45, 2.75) is 32.7 Å². The van der Waals surface area contributed by atoms with E-state index in [4.69, 9.17) is 4.74 Å². The fourth-order valence-corrected chi connectivity index (χ4v) is 2.92. The van der Waals surface area contributed by atoms with Crippen LogP contribution in [0.1, 0.15) is 31.7 Å². The molecule has 1 saturated heterocycles. The highest BCUT2D eigenvalue weighted by Crippen LogP contribution is 2.25. The van der Waals surface area contributed by atoms with Crippen molar-refractivity contribution in [3.63, 3.8) is 0 Å². The zero-order chi connectivity index (χ0) is 15.1. The minimum atomic E-state index is -0.139. The van der Waals surface area contributed by atoms with E-state index in [0.717, 1.165) is 63.3 Å². The average molecular weight is 294 g/mol. The Balaban J connectivity index is 1.96. The number of rotatable bonds is 7. The fourth-order valence-electron chi connectivity index (χ4n) is 2.92. The molecule has 0 unspecified atom stereocenters. The van der Waals surface area contributed by atoms with Gasteiger partial charge in [-0.05, 0) is 55.5 Å². The zero-order valence-corrected chi connectivity index (χ0v) is 13.2. The topological polar surface area (TPSA) is 24.5 Å².